The van der Waals surface area contributed by atoms with Crippen molar-refractivity contribution in [1.82, 2.24) is 15.6 Å². The summed E-state index contributed by atoms with van der Waals surface area (Å²) in [6.45, 7) is 1.44. The Morgan fingerprint density at radius 2 is 1.83 bits per heavy atom. The molecule has 1 aromatic heterocycles. The topological polar surface area (TPSA) is 119 Å². The minimum atomic E-state index is -4.52. The fraction of sp³-hybridized carbons (Fsp3) is 0.227. The molecule has 0 aliphatic carbocycles. The molecule has 0 radical (unpaired) electrons. The van der Waals surface area contributed by atoms with Crippen LogP contribution in [0.15, 0.2) is 45.5 Å². The van der Waals surface area contributed by atoms with E-state index in [1.807, 2.05) is 0 Å². The Hall–Kier alpha value is -3.68. The first-order valence-electron chi connectivity index (χ1n) is 10.2. The lowest BCUT2D eigenvalue weighted by molar-refractivity contribution is -0.137. The minimum absolute atomic E-state index is 0.0453. The highest BCUT2D eigenvalue weighted by Gasteiger charge is 2.31. The van der Waals surface area contributed by atoms with Crippen molar-refractivity contribution in [3.63, 3.8) is 0 Å². The van der Waals surface area contributed by atoms with Gasteiger partial charge in [0.25, 0.3) is 5.91 Å². The van der Waals surface area contributed by atoms with Crippen LogP contribution in [0, 0.1) is 11.6 Å². The van der Waals surface area contributed by atoms with Crippen molar-refractivity contribution >= 4 is 27.9 Å². The van der Waals surface area contributed by atoms with Crippen molar-refractivity contribution < 1.29 is 40.7 Å². The first-order valence-corrected chi connectivity index (χ1v) is 11.0. The van der Waals surface area contributed by atoms with E-state index >= 15 is 0 Å². The number of rotatable bonds is 8. The maximum Gasteiger partial charge on any atom is 0.416 e. The van der Waals surface area contributed by atoms with Crippen LogP contribution in [0.3, 0.4) is 0 Å². The van der Waals surface area contributed by atoms with E-state index in [-0.39, 0.29) is 28.4 Å². The van der Waals surface area contributed by atoms with Gasteiger partial charge in [0, 0.05) is 12.1 Å². The average molecular weight is 577 g/mol. The smallest absolute Gasteiger partial charge is 0.416 e. The lowest BCUT2D eigenvalue weighted by Gasteiger charge is -2.17. The van der Waals surface area contributed by atoms with Gasteiger partial charge in [0.1, 0.15) is 29.7 Å². The van der Waals surface area contributed by atoms with Crippen LogP contribution in [0.2, 0.25) is 0 Å². The summed E-state index contributed by atoms with van der Waals surface area (Å²) in [4.78, 5) is 27.7. The minimum Gasteiger partial charge on any atom is -0.488 e. The Kier molecular flexibility index (Phi) is 8.17. The van der Waals surface area contributed by atoms with Gasteiger partial charge in [-0.2, -0.15) is 13.2 Å². The highest BCUT2D eigenvalue weighted by atomic mass is 79.9. The molecule has 0 saturated carbocycles. The Morgan fingerprint density at radius 3 is 2.42 bits per heavy atom. The average Bonchev–Trinajstić information content (AvgIpc) is 3.18. The molecule has 0 bridgehead atoms. The number of aromatic nitrogens is 1. The van der Waals surface area contributed by atoms with E-state index < -0.39 is 59.3 Å². The molecule has 8 nitrogen and oxygen atoms in total. The summed E-state index contributed by atoms with van der Waals surface area (Å²) in [6.07, 6.45) is -4.52. The lowest BCUT2D eigenvalue weighted by Crippen LogP contribution is -2.40. The van der Waals surface area contributed by atoms with Gasteiger partial charge < -0.3 is 25.5 Å². The van der Waals surface area contributed by atoms with E-state index in [2.05, 4.69) is 31.5 Å². The van der Waals surface area contributed by atoms with Crippen LogP contribution in [0.25, 0.3) is 11.3 Å². The quantitative estimate of drug-likeness (QED) is 0.328. The number of carbonyl (C=O) groups excluding carboxylic acids is 2. The number of benzene rings is 2. The number of nitrogens with zero attached hydrogens (tertiary/aromatic N) is 1. The Bertz CT molecular complexity index is 1260. The van der Waals surface area contributed by atoms with Gasteiger partial charge in [-0.3, -0.25) is 4.79 Å². The molecule has 3 amide bonds. The zero-order chi connectivity index (χ0) is 26.6. The monoisotopic (exact) mass is 576 g/mol. The molecule has 0 saturated heterocycles. The SMILES string of the molecule is CCNC(=O)NC(COc1ccc(F)c(C(N)=O)c1F)c1nc(-c2ccc(C(F)(F)F)cc2)c(Br)o1. The first-order chi connectivity index (χ1) is 16.9. The molecule has 1 atom stereocenters. The van der Waals surface area contributed by atoms with Crippen molar-refractivity contribution in [3.8, 4) is 17.0 Å². The maximum absolute atomic E-state index is 14.5. The van der Waals surface area contributed by atoms with E-state index in [1.54, 1.807) is 6.92 Å². The molecule has 1 unspecified atom stereocenters. The van der Waals surface area contributed by atoms with Gasteiger partial charge in [0.05, 0.1) is 5.56 Å². The molecule has 3 rings (SSSR count). The summed E-state index contributed by atoms with van der Waals surface area (Å²) in [5, 5.41) is 4.99. The fourth-order valence-electron chi connectivity index (χ4n) is 3.05. The second kappa shape index (κ2) is 10.9. The number of nitrogens with one attached hydrogen (secondary N) is 2. The van der Waals surface area contributed by atoms with Gasteiger partial charge in [-0.05, 0) is 47.1 Å². The van der Waals surface area contributed by atoms with Crippen LogP contribution >= 0.6 is 15.9 Å². The van der Waals surface area contributed by atoms with Crippen molar-refractivity contribution in [2.24, 2.45) is 5.73 Å². The zero-order valence-electron chi connectivity index (χ0n) is 18.4. The molecule has 0 fully saturated rings. The van der Waals surface area contributed by atoms with E-state index in [1.165, 1.54) is 12.1 Å². The second-order valence-electron chi connectivity index (χ2n) is 7.22. The summed E-state index contributed by atoms with van der Waals surface area (Å²) < 4.78 is 77.8. The number of alkyl halides is 3. The molecule has 0 spiro atoms. The van der Waals surface area contributed by atoms with E-state index in [0.717, 1.165) is 24.3 Å². The van der Waals surface area contributed by atoms with Crippen LogP contribution in [-0.2, 0) is 6.18 Å². The van der Waals surface area contributed by atoms with Gasteiger partial charge >= 0.3 is 12.2 Å². The Labute approximate surface area is 209 Å². The number of hydrogen-bond donors (Lipinski definition) is 3. The fourth-order valence-corrected chi connectivity index (χ4v) is 3.53. The molecule has 192 valence electrons. The van der Waals surface area contributed by atoms with Gasteiger partial charge in [0.15, 0.2) is 16.2 Å². The summed E-state index contributed by atoms with van der Waals surface area (Å²) in [6, 6.07) is 4.05. The number of nitrogens with two attached hydrogens (primary N) is 1. The number of amides is 3. The molecule has 14 heteroatoms. The van der Waals surface area contributed by atoms with Crippen LogP contribution in [0.1, 0.15) is 34.8 Å². The van der Waals surface area contributed by atoms with Crippen LogP contribution in [0.5, 0.6) is 5.75 Å². The number of hydrogen-bond acceptors (Lipinski definition) is 5. The van der Waals surface area contributed by atoms with Crippen LogP contribution in [-0.4, -0.2) is 30.1 Å². The molecule has 36 heavy (non-hydrogen) atoms. The second-order valence-corrected chi connectivity index (χ2v) is 7.94. The highest BCUT2D eigenvalue weighted by molar-refractivity contribution is 9.10. The van der Waals surface area contributed by atoms with Crippen LogP contribution < -0.4 is 21.1 Å². The predicted octanol–water partition coefficient (Wildman–Crippen LogP) is 4.94. The summed E-state index contributed by atoms with van der Waals surface area (Å²) >= 11 is 3.14. The first kappa shape index (κ1) is 26.9. The number of carbonyl (C=O) groups is 2. The third-order valence-electron chi connectivity index (χ3n) is 4.74. The van der Waals surface area contributed by atoms with Crippen molar-refractivity contribution in [2.75, 3.05) is 13.2 Å². The molecule has 1 heterocycles. The van der Waals surface area contributed by atoms with Crippen molar-refractivity contribution in [1.29, 1.82) is 0 Å². The summed E-state index contributed by atoms with van der Waals surface area (Å²) in [5.41, 5.74) is 3.56. The van der Waals surface area contributed by atoms with Crippen molar-refractivity contribution in [2.45, 2.75) is 19.1 Å². The van der Waals surface area contributed by atoms with Gasteiger partial charge in [-0.15, -0.1) is 0 Å². The van der Waals surface area contributed by atoms with E-state index in [9.17, 15) is 31.5 Å². The third kappa shape index (κ3) is 6.11. The van der Waals surface area contributed by atoms with Crippen LogP contribution in [0.4, 0.5) is 26.7 Å². The number of halogens is 6. The Balaban J connectivity index is 1.90. The molecular weight excluding hydrogens is 559 g/mol. The van der Waals surface area contributed by atoms with Crippen molar-refractivity contribution in [3.05, 3.63) is 69.7 Å². The maximum atomic E-state index is 14.5. The Morgan fingerprint density at radius 1 is 1.17 bits per heavy atom. The van der Waals surface area contributed by atoms with E-state index in [0.29, 0.717) is 0 Å². The molecular formula is C22H18BrF5N4O4. The van der Waals surface area contributed by atoms with Gasteiger partial charge in [-0.25, -0.2) is 18.6 Å². The van der Waals surface area contributed by atoms with E-state index in [4.69, 9.17) is 14.9 Å². The number of oxazole rings is 1. The molecule has 3 aromatic rings. The summed E-state index contributed by atoms with van der Waals surface area (Å²) in [7, 11) is 0. The predicted molar refractivity (Wildman–Crippen MR) is 120 cm³/mol. The molecule has 2 aromatic carbocycles. The van der Waals surface area contributed by atoms with Gasteiger partial charge in [-0.1, -0.05) is 12.1 Å². The summed E-state index contributed by atoms with van der Waals surface area (Å²) in [5.74, 6) is -4.52. The number of ether oxygens (including phenoxy) is 1. The zero-order valence-corrected chi connectivity index (χ0v) is 20.0. The number of urea groups is 1. The normalized spacial score (nSPS) is 12.2. The third-order valence-corrected chi connectivity index (χ3v) is 5.27. The molecule has 4 N–H and O–H groups in total. The number of primary amides is 1. The van der Waals surface area contributed by atoms with Gasteiger partial charge in [0.2, 0.25) is 5.89 Å². The molecule has 0 aliphatic rings. The lowest BCUT2D eigenvalue weighted by atomic mass is 10.1. The standard InChI is InChI=1S/C22H18BrF5N4O4/c1-2-30-21(34)31-13(9-35-14-8-7-12(24)15(16(14)25)19(29)33)20-32-17(18(23)36-20)10-3-5-11(6-4-10)22(26,27)28/h3-8,13H,2,9H2,1H3,(H2,29,33)(H2,30,31,34). The largest absolute Gasteiger partial charge is 0.488 e. The molecule has 0 aliphatic heterocycles. The highest BCUT2D eigenvalue weighted by Crippen LogP contribution is 2.34.